The van der Waals surface area contributed by atoms with Crippen LogP contribution in [0, 0.1) is 0 Å². The molecule has 1 rings (SSSR count). The van der Waals surface area contributed by atoms with E-state index in [1.807, 2.05) is 20.8 Å². The molecule has 0 aromatic heterocycles. The van der Waals surface area contributed by atoms with E-state index in [9.17, 15) is 9.59 Å². The third kappa shape index (κ3) is 5.62. The van der Waals surface area contributed by atoms with E-state index >= 15 is 0 Å². The molecule has 3 nitrogen and oxygen atoms in total. The number of cyclic esters (lactones) is 1. The molecule has 3 heteroatoms. The maximum absolute atomic E-state index is 11.5. The molecule has 1 aliphatic rings. The minimum absolute atomic E-state index is 0.141. The van der Waals surface area contributed by atoms with Gasteiger partial charge in [0.05, 0.1) is 0 Å². The van der Waals surface area contributed by atoms with Crippen molar-refractivity contribution >= 4 is 11.8 Å². The van der Waals surface area contributed by atoms with Gasteiger partial charge in [-0.15, -0.1) is 0 Å². The molecule has 0 saturated carbocycles. The monoisotopic (exact) mass is 248 g/mol. The Kier molecular flexibility index (Phi) is 5.56. The molecular weight excluding hydrogens is 228 g/mol. The van der Waals surface area contributed by atoms with E-state index in [0.29, 0.717) is 13.0 Å². The molecule has 0 atom stereocenters. The molecule has 18 heavy (non-hydrogen) atoms. The van der Waals surface area contributed by atoms with Gasteiger partial charge >= 0.3 is 5.97 Å². The summed E-state index contributed by atoms with van der Waals surface area (Å²) < 4.78 is 4.82. The molecule has 0 saturated heterocycles. The fourth-order valence-corrected chi connectivity index (χ4v) is 1.78. The van der Waals surface area contributed by atoms with Crippen LogP contribution in [-0.2, 0) is 14.3 Å². The minimum atomic E-state index is -0.246. The topological polar surface area (TPSA) is 43.4 Å². The zero-order valence-electron chi connectivity index (χ0n) is 11.3. The molecule has 0 N–H and O–H groups in total. The van der Waals surface area contributed by atoms with E-state index < -0.39 is 0 Å². The Balaban J connectivity index is 2.34. The fourth-order valence-electron chi connectivity index (χ4n) is 1.78. The number of ether oxygens (including phenoxy) is 1. The molecule has 0 unspecified atom stereocenters. The first-order valence-electron chi connectivity index (χ1n) is 6.17. The van der Waals surface area contributed by atoms with Crippen LogP contribution in [0.1, 0.15) is 40.0 Å². The van der Waals surface area contributed by atoms with E-state index in [1.165, 1.54) is 0 Å². The smallest absolute Gasteiger partial charge is 0.331 e. The zero-order valence-corrected chi connectivity index (χ0v) is 11.3. The first kappa shape index (κ1) is 14.4. The van der Waals surface area contributed by atoms with E-state index in [0.717, 1.165) is 29.6 Å². The van der Waals surface area contributed by atoms with Crippen LogP contribution in [-0.4, -0.2) is 18.4 Å². The largest absolute Gasteiger partial charge is 0.458 e. The van der Waals surface area contributed by atoms with Gasteiger partial charge in [-0.3, -0.25) is 4.79 Å². The van der Waals surface area contributed by atoms with Crippen LogP contribution in [0.4, 0.5) is 0 Å². The van der Waals surface area contributed by atoms with Crippen molar-refractivity contribution in [3.63, 3.8) is 0 Å². The van der Waals surface area contributed by atoms with Crippen molar-refractivity contribution in [2.24, 2.45) is 0 Å². The van der Waals surface area contributed by atoms with Crippen LogP contribution in [0.15, 0.2) is 34.9 Å². The summed E-state index contributed by atoms with van der Waals surface area (Å²) in [5.74, 6) is -0.105. The molecule has 0 aromatic carbocycles. The molecule has 1 aliphatic heterocycles. The summed E-state index contributed by atoms with van der Waals surface area (Å²) in [4.78, 5) is 22.4. The number of esters is 1. The van der Waals surface area contributed by atoms with Gasteiger partial charge in [-0.1, -0.05) is 17.2 Å². The van der Waals surface area contributed by atoms with Crippen molar-refractivity contribution < 1.29 is 14.3 Å². The second kappa shape index (κ2) is 6.94. The maximum atomic E-state index is 11.5. The molecule has 98 valence electrons. The number of carbonyl (C=O) groups is 2. The Morgan fingerprint density at radius 2 is 2.11 bits per heavy atom. The molecule has 1 heterocycles. The van der Waals surface area contributed by atoms with E-state index in [1.54, 1.807) is 12.2 Å². The number of allylic oxidation sites excluding steroid dienone is 4. The molecule has 0 radical (unpaired) electrons. The average Bonchev–Trinajstić information content (AvgIpc) is 2.62. The summed E-state index contributed by atoms with van der Waals surface area (Å²) in [5.41, 5.74) is 3.13. The van der Waals surface area contributed by atoms with Crippen molar-refractivity contribution in [3.8, 4) is 0 Å². The third-order valence-electron chi connectivity index (χ3n) is 2.58. The van der Waals surface area contributed by atoms with Crippen LogP contribution >= 0.6 is 0 Å². The van der Waals surface area contributed by atoms with Gasteiger partial charge in [0.15, 0.2) is 5.78 Å². The first-order chi connectivity index (χ1) is 8.47. The van der Waals surface area contributed by atoms with Gasteiger partial charge in [0.25, 0.3) is 0 Å². The standard InChI is InChI=1S/C15H20O3/c1-11(2)7-14(16)8-12(3)5-4-6-13-9-15(17)18-10-13/h5,7,9H,4,6,8,10H2,1-3H3/b12-5+. The molecule has 0 bridgehead atoms. The highest BCUT2D eigenvalue weighted by molar-refractivity contribution is 5.91. The predicted octanol–water partition coefficient (Wildman–Crippen LogP) is 3.12. The number of hydrogen-bond acceptors (Lipinski definition) is 3. The summed E-state index contributed by atoms with van der Waals surface area (Å²) in [6.07, 6.45) is 7.41. The second-order valence-corrected chi connectivity index (χ2v) is 4.86. The molecule has 0 aromatic rings. The Hall–Kier alpha value is -1.64. The fraction of sp³-hybridized carbons (Fsp3) is 0.467. The summed E-state index contributed by atoms with van der Waals surface area (Å²) in [5, 5.41) is 0. The maximum Gasteiger partial charge on any atom is 0.331 e. The highest BCUT2D eigenvalue weighted by atomic mass is 16.5. The number of ketones is 1. The van der Waals surface area contributed by atoms with Crippen LogP contribution in [0.5, 0.6) is 0 Å². The lowest BCUT2D eigenvalue weighted by Gasteiger charge is -2.00. The SMILES string of the molecule is CC(C)=CC(=O)C/C(C)=C/CCC1=CC(=O)OC1. The minimum Gasteiger partial charge on any atom is -0.458 e. The lowest BCUT2D eigenvalue weighted by atomic mass is 10.1. The predicted molar refractivity (Wildman–Crippen MR) is 71.1 cm³/mol. The molecule has 0 spiro atoms. The molecule has 0 amide bonds. The average molecular weight is 248 g/mol. The van der Waals surface area contributed by atoms with E-state index in [2.05, 4.69) is 6.08 Å². The third-order valence-corrected chi connectivity index (χ3v) is 2.58. The van der Waals surface area contributed by atoms with Gasteiger partial charge in [-0.25, -0.2) is 4.79 Å². The Bertz CT molecular complexity index is 421. The van der Waals surface area contributed by atoms with Crippen LogP contribution in [0.25, 0.3) is 0 Å². The summed E-state index contributed by atoms with van der Waals surface area (Å²) in [7, 11) is 0. The number of carbonyl (C=O) groups excluding carboxylic acids is 2. The zero-order chi connectivity index (χ0) is 13.5. The Morgan fingerprint density at radius 1 is 1.39 bits per heavy atom. The van der Waals surface area contributed by atoms with Crippen molar-refractivity contribution in [3.05, 3.63) is 34.9 Å². The molecule has 0 aliphatic carbocycles. The quantitative estimate of drug-likeness (QED) is 0.412. The van der Waals surface area contributed by atoms with Crippen LogP contribution in [0.2, 0.25) is 0 Å². The number of rotatable bonds is 6. The summed E-state index contributed by atoms with van der Waals surface area (Å²) >= 11 is 0. The highest BCUT2D eigenvalue weighted by Gasteiger charge is 2.11. The normalized spacial score (nSPS) is 15.2. The lowest BCUT2D eigenvalue weighted by molar-refractivity contribution is -0.135. The highest BCUT2D eigenvalue weighted by Crippen LogP contribution is 2.14. The van der Waals surface area contributed by atoms with Crippen molar-refractivity contribution in [1.29, 1.82) is 0 Å². The Morgan fingerprint density at radius 3 is 2.67 bits per heavy atom. The van der Waals surface area contributed by atoms with Gasteiger partial charge in [0, 0.05) is 12.5 Å². The van der Waals surface area contributed by atoms with Crippen molar-refractivity contribution in [2.75, 3.05) is 6.61 Å². The van der Waals surface area contributed by atoms with Gasteiger partial charge in [-0.05, 0) is 45.3 Å². The first-order valence-corrected chi connectivity index (χ1v) is 6.17. The lowest BCUT2D eigenvalue weighted by Crippen LogP contribution is -1.95. The molecule has 0 fully saturated rings. The van der Waals surface area contributed by atoms with Crippen LogP contribution < -0.4 is 0 Å². The van der Waals surface area contributed by atoms with Gasteiger partial charge in [0.2, 0.25) is 0 Å². The van der Waals surface area contributed by atoms with Crippen molar-refractivity contribution in [2.45, 2.75) is 40.0 Å². The van der Waals surface area contributed by atoms with Crippen molar-refractivity contribution in [1.82, 2.24) is 0 Å². The van der Waals surface area contributed by atoms with E-state index in [4.69, 9.17) is 4.74 Å². The van der Waals surface area contributed by atoms with Crippen LogP contribution in [0.3, 0.4) is 0 Å². The molecular formula is C15H20O3. The Labute approximate surface area is 108 Å². The second-order valence-electron chi connectivity index (χ2n) is 4.86. The number of hydrogen-bond donors (Lipinski definition) is 0. The van der Waals surface area contributed by atoms with Gasteiger partial charge < -0.3 is 4.74 Å². The van der Waals surface area contributed by atoms with E-state index in [-0.39, 0.29) is 11.8 Å². The summed E-state index contributed by atoms with van der Waals surface area (Å²) in [6, 6.07) is 0. The van der Waals surface area contributed by atoms with Gasteiger partial charge in [-0.2, -0.15) is 0 Å². The van der Waals surface area contributed by atoms with Gasteiger partial charge in [0.1, 0.15) is 6.61 Å². The summed E-state index contributed by atoms with van der Waals surface area (Å²) in [6.45, 7) is 6.21.